The molecule has 1 fully saturated rings. The van der Waals surface area contributed by atoms with Gasteiger partial charge in [0.25, 0.3) is 5.91 Å². The van der Waals surface area contributed by atoms with E-state index in [2.05, 4.69) is 5.32 Å². The molecule has 0 spiro atoms. The Balaban J connectivity index is 1.38. The minimum Gasteiger partial charge on any atom is -0.454 e. The van der Waals surface area contributed by atoms with Crippen LogP contribution in [0.25, 0.3) is 11.1 Å². The number of halogens is 1. The zero-order valence-corrected chi connectivity index (χ0v) is 18.4. The van der Waals surface area contributed by atoms with E-state index < -0.39 is 11.2 Å². The molecule has 2 aliphatic rings. The maximum absolute atomic E-state index is 14.6. The molecule has 0 radical (unpaired) electrons. The number of fused-ring (bicyclic) bond motifs is 1. The van der Waals surface area contributed by atoms with E-state index in [1.165, 1.54) is 11.0 Å². The molecule has 1 N–H and O–H groups in total. The van der Waals surface area contributed by atoms with Crippen LogP contribution in [-0.4, -0.2) is 37.6 Å². The smallest absolute Gasteiger partial charge is 0.253 e. The van der Waals surface area contributed by atoms with Crippen LogP contribution in [0.4, 0.5) is 10.1 Å². The maximum atomic E-state index is 14.6. The fraction of sp³-hybridized carbons (Fsp3) is 0.231. The van der Waals surface area contributed by atoms with Crippen molar-refractivity contribution in [2.75, 3.05) is 26.2 Å². The normalized spacial score (nSPS) is 15.1. The maximum Gasteiger partial charge on any atom is 0.253 e. The van der Waals surface area contributed by atoms with Crippen molar-refractivity contribution in [3.8, 4) is 22.6 Å². The highest BCUT2D eigenvalue weighted by Crippen LogP contribution is 2.51. The average molecular weight is 446 g/mol. The van der Waals surface area contributed by atoms with Crippen LogP contribution in [0.3, 0.4) is 0 Å². The van der Waals surface area contributed by atoms with Crippen LogP contribution in [0.1, 0.15) is 28.8 Å². The Hall–Kier alpha value is -3.87. The van der Waals surface area contributed by atoms with Crippen LogP contribution >= 0.6 is 0 Å². The molecule has 0 aromatic heterocycles. The third-order valence-electron chi connectivity index (χ3n) is 6.20. The standard InChI is InChI=1S/C26H23FN2O4/c1-29(2)24(30)17-5-3-16(4-6-17)18-7-9-20(27)21(13-18)28-25(31)26(11-12-26)19-8-10-22-23(14-19)33-15-32-22/h3-10,13-14H,11-12,15H2,1-2H3,(H,28,31). The second-order valence-corrected chi connectivity index (χ2v) is 8.58. The quantitative estimate of drug-likeness (QED) is 0.622. The average Bonchev–Trinajstić information content (AvgIpc) is 3.51. The van der Waals surface area contributed by atoms with Gasteiger partial charge in [-0.15, -0.1) is 0 Å². The van der Waals surface area contributed by atoms with Gasteiger partial charge in [0.1, 0.15) is 5.82 Å². The van der Waals surface area contributed by atoms with Crippen molar-refractivity contribution in [2.24, 2.45) is 0 Å². The fourth-order valence-electron chi connectivity index (χ4n) is 4.07. The first-order chi connectivity index (χ1) is 15.9. The summed E-state index contributed by atoms with van der Waals surface area (Å²) in [4.78, 5) is 26.8. The van der Waals surface area contributed by atoms with Crippen molar-refractivity contribution in [1.82, 2.24) is 4.90 Å². The zero-order chi connectivity index (χ0) is 23.2. The van der Waals surface area contributed by atoms with Gasteiger partial charge in [0.05, 0.1) is 11.1 Å². The molecule has 0 atom stereocenters. The first-order valence-corrected chi connectivity index (χ1v) is 10.7. The molecular weight excluding hydrogens is 423 g/mol. The number of hydrogen-bond donors (Lipinski definition) is 1. The first-order valence-electron chi connectivity index (χ1n) is 10.7. The van der Waals surface area contributed by atoms with Gasteiger partial charge in [0.2, 0.25) is 12.7 Å². The van der Waals surface area contributed by atoms with Crippen molar-refractivity contribution in [3.05, 3.63) is 77.6 Å². The minimum absolute atomic E-state index is 0.0909. The van der Waals surface area contributed by atoms with E-state index in [9.17, 15) is 14.0 Å². The molecule has 0 bridgehead atoms. The fourth-order valence-corrected chi connectivity index (χ4v) is 4.07. The highest BCUT2D eigenvalue weighted by molar-refractivity contribution is 6.02. The molecule has 3 aromatic rings. The molecule has 0 saturated heterocycles. The Morgan fingerprint density at radius 2 is 1.61 bits per heavy atom. The number of nitrogens with one attached hydrogen (secondary N) is 1. The number of anilines is 1. The predicted molar refractivity (Wildman–Crippen MR) is 122 cm³/mol. The summed E-state index contributed by atoms with van der Waals surface area (Å²) in [6.07, 6.45) is 1.36. The zero-order valence-electron chi connectivity index (χ0n) is 18.4. The van der Waals surface area contributed by atoms with Gasteiger partial charge in [-0.2, -0.15) is 0 Å². The van der Waals surface area contributed by atoms with Crippen LogP contribution < -0.4 is 14.8 Å². The third-order valence-corrected chi connectivity index (χ3v) is 6.20. The molecule has 168 valence electrons. The molecule has 5 rings (SSSR count). The lowest BCUT2D eigenvalue weighted by atomic mass is 9.94. The van der Waals surface area contributed by atoms with E-state index in [4.69, 9.17) is 9.47 Å². The molecule has 6 nitrogen and oxygen atoms in total. The Kier molecular flexibility index (Phi) is 5.04. The van der Waals surface area contributed by atoms with E-state index in [0.29, 0.717) is 29.9 Å². The summed E-state index contributed by atoms with van der Waals surface area (Å²) in [6, 6.07) is 17.2. The van der Waals surface area contributed by atoms with Gasteiger partial charge in [-0.05, 0) is 65.9 Å². The predicted octanol–water partition coefficient (Wildman–Crippen LogP) is 4.59. The molecule has 1 aliphatic heterocycles. The number of hydrogen-bond acceptors (Lipinski definition) is 4. The number of nitrogens with zero attached hydrogens (tertiary/aromatic N) is 1. The highest BCUT2D eigenvalue weighted by Gasteiger charge is 2.51. The van der Waals surface area contributed by atoms with Gasteiger partial charge in [0, 0.05) is 19.7 Å². The second kappa shape index (κ2) is 7.92. The number of carbonyl (C=O) groups is 2. The summed E-state index contributed by atoms with van der Waals surface area (Å²) in [5, 5.41) is 2.79. The summed E-state index contributed by atoms with van der Waals surface area (Å²) in [5.74, 6) is 0.437. The number of benzene rings is 3. The summed E-state index contributed by atoms with van der Waals surface area (Å²) < 4.78 is 25.4. The molecule has 7 heteroatoms. The Bertz CT molecular complexity index is 1250. The molecular formula is C26H23FN2O4. The van der Waals surface area contributed by atoms with E-state index in [1.807, 2.05) is 24.3 Å². The molecule has 33 heavy (non-hydrogen) atoms. The summed E-state index contributed by atoms with van der Waals surface area (Å²) in [5.41, 5.74) is 2.39. The van der Waals surface area contributed by atoms with E-state index >= 15 is 0 Å². The summed E-state index contributed by atoms with van der Waals surface area (Å²) >= 11 is 0. The van der Waals surface area contributed by atoms with Crippen LogP contribution in [0.2, 0.25) is 0 Å². The van der Waals surface area contributed by atoms with Crippen LogP contribution in [0.5, 0.6) is 11.5 Å². The van der Waals surface area contributed by atoms with Crippen molar-refractivity contribution in [1.29, 1.82) is 0 Å². The Morgan fingerprint density at radius 1 is 0.909 bits per heavy atom. The lowest BCUT2D eigenvalue weighted by Crippen LogP contribution is -2.28. The third kappa shape index (κ3) is 3.80. The van der Waals surface area contributed by atoms with Crippen LogP contribution in [0, 0.1) is 5.82 Å². The first kappa shape index (κ1) is 21.0. The van der Waals surface area contributed by atoms with Gasteiger partial charge < -0.3 is 19.7 Å². The highest BCUT2D eigenvalue weighted by atomic mass is 19.1. The SMILES string of the molecule is CN(C)C(=O)c1ccc(-c2ccc(F)c(NC(=O)C3(c4ccc5c(c4)OCO5)CC3)c2)cc1. The largest absolute Gasteiger partial charge is 0.454 e. The van der Waals surface area contributed by atoms with Crippen LogP contribution in [-0.2, 0) is 10.2 Å². The van der Waals surface area contributed by atoms with E-state index in [1.54, 1.807) is 44.4 Å². The second-order valence-electron chi connectivity index (χ2n) is 8.58. The number of carbonyl (C=O) groups excluding carboxylic acids is 2. The van der Waals surface area contributed by atoms with Gasteiger partial charge >= 0.3 is 0 Å². The molecule has 2 amide bonds. The summed E-state index contributed by atoms with van der Waals surface area (Å²) in [6.45, 7) is 0.167. The Labute approximate surface area is 190 Å². The number of rotatable bonds is 5. The van der Waals surface area contributed by atoms with Crippen molar-refractivity contribution in [2.45, 2.75) is 18.3 Å². The van der Waals surface area contributed by atoms with Crippen LogP contribution in [0.15, 0.2) is 60.7 Å². The van der Waals surface area contributed by atoms with Gasteiger partial charge in [-0.1, -0.05) is 24.3 Å². The van der Waals surface area contributed by atoms with Crippen molar-refractivity contribution < 1.29 is 23.5 Å². The molecule has 1 heterocycles. The molecule has 1 aliphatic carbocycles. The summed E-state index contributed by atoms with van der Waals surface area (Å²) in [7, 11) is 3.39. The molecule has 3 aromatic carbocycles. The van der Waals surface area contributed by atoms with E-state index in [-0.39, 0.29) is 24.3 Å². The Morgan fingerprint density at radius 3 is 2.30 bits per heavy atom. The van der Waals surface area contributed by atoms with Gasteiger partial charge in [-0.3, -0.25) is 9.59 Å². The lowest BCUT2D eigenvalue weighted by molar-refractivity contribution is -0.118. The topological polar surface area (TPSA) is 67.9 Å². The number of amides is 2. The monoisotopic (exact) mass is 446 g/mol. The minimum atomic E-state index is -0.697. The molecule has 0 unspecified atom stereocenters. The van der Waals surface area contributed by atoms with Gasteiger partial charge in [-0.25, -0.2) is 4.39 Å². The van der Waals surface area contributed by atoms with Crippen molar-refractivity contribution in [3.63, 3.8) is 0 Å². The molecule has 1 saturated carbocycles. The van der Waals surface area contributed by atoms with E-state index in [0.717, 1.165) is 16.7 Å². The lowest BCUT2D eigenvalue weighted by Gasteiger charge is -2.17. The van der Waals surface area contributed by atoms with Gasteiger partial charge in [0.15, 0.2) is 11.5 Å². The van der Waals surface area contributed by atoms with Crippen molar-refractivity contribution >= 4 is 17.5 Å². The number of ether oxygens (including phenoxy) is 2.